The third kappa shape index (κ3) is 98.1. The molecule has 0 unspecified atom stereocenters. The fraction of sp³-hybridized carbons (Fsp3) is 0.778. The van der Waals surface area contributed by atoms with Crippen LogP contribution in [0.25, 0.3) is 0 Å². The van der Waals surface area contributed by atoms with Crippen LogP contribution in [0.2, 0.25) is 39.3 Å². The van der Waals surface area contributed by atoms with Gasteiger partial charge in [-0.15, -0.1) is 0 Å². The maximum absolute atomic E-state index is 10.4. The fourth-order valence-corrected chi connectivity index (χ4v) is 1.06. The molecule has 0 saturated carbocycles. The Kier molecular flexibility index (Phi) is 29.9. The molecular weight excluding hydrogens is 492 g/mol. The first-order valence-electron chi connectivity index (χ1n) is 9.21. The van der Waals surface area contributed by atoms with E-state index in [2.05, 4.69) is 0 Å². The predicted octanol–water partition coefficient (Wildman–Crippen LogP) is 0.616. The van der Waals surface area contributed by atoms with Crippen LogP contribution in [-0.4, -0.2) is 49.7 Å². The first-order valence-corrected chi connectivity index (χ1v) is 16.1. The monoisotopic (exact) mass is 528 g/mol. The van der Waals surface area contributed by atoms with Gasteiger partial charge in [0.1, 0.15) is 11.6 Å². The van der Waals surface area contributed by atoms with Crippen molar-refractivity contribution in [2.75, 3.05) is 0 Å². The van der Waals surface area contributed by atoms with Gasteiger partial charge in [0.25, 0.3) is 0 Å². The number of carbonyl (C=O) groups is 4. The van der Waals surface area contributed by atoms with E-state index in [-0.39, 0.29) is 37.8 Å². The molecule has 0 saturated heterocycles. The molecule has 0 rings (SSSR count). The van der Waals surface area contributed by atoms with Crippen molar-refractivity contribution in [3.8, 4) is 0 Å². The number of ketones is 2. The number of hydrogen-bond acceptors (Lipinski definition) is 8. The van der Waals surface area contributed by atoms with E-state index in [0.29, 0.717) is 25.7 Å². The zero-order chi connectivity index (χ0) is 23.6. The molecule has 0 aromatic rings. The average molecular weight is 530 g/mol. The van der Waals surface area contributed by atoms with Gasteiger partial charge in [-0.25, -0.2) is 0 Å². The summed E-state index contributed by atoms with van der Waals surface area (Å²) >= 11 is 0. The molecule has 0 bridgehead atoms. The van der Waals surface area contributed by atoms with E-state index in [1.165, 1.54) is 0 Å². The van der Waals surface area contributed by atoms with Crippen LogP contribution in [0.15, 0.2) is 0 Å². The Hall–Kier alpha value is -0.483. The van der Waals surface area contributed by atoms with E-state index in [9.17, 15) is 29.4 Å². The van der Waals surface area contributed by atoms with Crippen LogP contribution in [0.1, 0.15) is 52.4 Å². The maximum Gasteiger partial charge on any atom is 2.00 e. The van der Waals surface area contributed by atoms with Gasteiger partial charge < -0.3 is 29.4 Å². The minimum absolute atomic E-state index is 0. The van der Waals surface area contributed by atoms with Crippen LogP contribution in [0, 0.1) is 0 Å². The van der Waals surface area contributed by atoms with Crippen molar-refractivity contribution < 1.29 is 65.2 Å². The summed E-state index contributed by atoms with van der Waals surface area (Å²) in [6, 6.07) is 0. The SMILES string of the molecule is CCCC(=O)CC(=O)[O-].CCCC(=O)CC(=O)[O-].C[Si](C)(C)O.C[Si](C)(C)O.[Zr+2]. The molecular formula is C18H38O8Si2Zr. The number of rotatable bonds is 8. The van der Waals surface area contributed by atoms with Crippen LogP contribution in [0.5, 0.6) is 0 Å². The molecule has 0 aromatic carbocycles. The van der Waals surface area contributed by atoms with E-state index >= 15 is 0 Å². The summed E-state index contributed by atoms with van der Waals surface area (Å²) in [5.41, 5.74) is 0. The van der Waals surface area contributed by atoms with Gasteiger partial charge >= 0.3 is 26.2 Å². The molecule has 0 aliphatic rings. The second-order valence-electron chi connectivity index (χ2n) is 8.02. The van der Waals surface area contributed by atoms with Crippen molar-refractivity contribution in [3.63, 3.8) is 0 Å². The van der Waals surface area contributed by atoms with Gasteiger partial charge in [0.05, 0.1) is 0 Å². The van der Waals surface area contributed by atoms with Crippen LogP contribution >= 0.6 is 0 Å². The van der Waals surface area contributed by atoms with Gasteiger partial charge in [0, 0.05) is 37.6 Å². The molecule has 29 heavy (non-hydrogen) atoms. The van der Waals surface area contributed by atoms with Crippen molar-refractivity contribution in [2.24, 2.45) is 0 Å². The molecule has 2 N–H and O–H groups in total. The summed E-state index contributed by atoms with van der Waals surface area (Å²) in [4.78, 5) is 57.7. The molecule has 0 heterocycles. The molecule has 0 amide bonds. The maximum atomic E-state index is 10.4. The average Bonchev–Trinajstić information content (AvgIpc) is 2.33. The number of hydrogen-bond donors (Lipinski definition) is 2. The second kappa shape index (κ2) is 22.2. The van der Waals surface area contributed by atoms with Crippen LogP contribution in [0.3, 0.4) is 0 Å². The molecule has 0 aliphatic heterocycles. The molecule has 0 aromatic heterocycles. The molecule has 170 valence electrons. The molecule has 0 atom stereocenters. The Morgan fingerprint density at radius 2 is 0.828 bits per heavy atom. The zero-order valence-electron chi connectivity index (χ0n) is 19.1. The topological polar surface area (TPSA) is 155 Å². The number of aliphatic carboxylic acids is 2. The van der Waals surface area contributed by atoms with Crippen LogP contribution in [-0.2, 0) is 45.4 Å². The Labute approximate surface area is 196 Å². The van der Waals surface area contributed by atoms with Gasteiger partial charge in [-0.2, -0.15) is 0 Å². The molecule has 0 aliphatic carbocycles. The zero-order valence-corrected chi connectivity index (χ0v) is 23.5. The van der Waals surface area contributed by atoms with Gasteiger partial charge in [0.15, 0.2) is 16.6 Å². The summed E-state index contributed by atoms with van der Waals surface area (Å²) in [6.45, 7) is 14.9. The largest absolute Gasteiger partial charge is 2.00 e. The van der Waals surface area contributed by atoms with Crippen molar-refractivity contribution in [1.29, 1.82) is 0 Å². The first kappa shape index (κ1) is 39.0. The summed E-state index contributed by atoms with van der Waals surface area (Å²) in [6.07, 6.45) is 1.21. The first-order chi connectivity index (χ1) is 12.3. The van der Waals surface area contributed by atoms with E-state index in [1.54, 1.807) is 0 Å². The normalized spacial score (nSPS) is 9.72. The third-order valence-corrected chi connectivity index (χ3v) is 1.74. The fourth-order valence-electron chi connectivity index (χ4n) is 1.06. The van der Waals surface area contributed by atoms with E-state index < -0.39 is 41.4 Å². The van der Waals surface area contributed by atoms with Crippen molar-refractivity contribution in [3.05, 3.63) is 0 Å². The Morgan fingerprint density at radius 1 is 0.655 bits per heavy atom. The summed E-state index contributed by atoms with van der Waals surface area (Å²) < 4.78 is 0. The Bertz CT molecular complexity index is 404. The van der Waals surface area contributed by atoms with E-state index in [1.807, 2.05) is 53.1 Å². The number of Topliss-reactive ketones (excluding diaryl/α,β-unsaturated/α-hetero) is 2. The number of carboxylic acid groups (broad SMARTS) is 2. The van der Waals surface area contributed by atoms with Gasteiger partial charge in [0.2, 0.25) is 0 Å². The van der Waals surface area contributed by atoms with E-state index in [4.69, 9.17) is 9.59 Å². The van der Waals surface area contributed by atoms with Crippen molar-refractivity contribution in [2.45, 2.75) is 91.7 Å². The minimum Gasteiger partial charge on any atom is -0.550 e. The smallest absolute Gasteiger partial charge is 0.550 e. The molecule has 11 heteroatoms. The third-order valence-electron chi connectivity index (χ3n) is 1.74. The summed E-state index contributed by atoms with van der Waals surface area (Å²) in [7, 11) is -3.22. The van der Waals surface area contributed by atoms with Crippen molar-refractivity contribution in [1.82, 2.24) is 0 Å². The molecule has 8 nitrogen and oxygen atoms in total. The summed E-state index contributed by atoms with van der Waals surface area (Å²) in [5.74, 6) is -3.07. The van der Waals surface area contributed by atoms with Crippen LogP contribution in [0.4, 0.5) is 0 Å². The van der Waals surface area contributed by atoms with Gasteiger partial charge in [-0.1, -0.05) is 13.8 Å². The predicted molar refractivity (Wildman–Crippen MR) is 110 cm³/mol. The quantitative estimate of drug-likeness (QED) is 0.342. The second-order valence-corrected chi connectivity index (χ2v) is 16.7. The summed E-state index contributed by atoms with van der Waals surface area (Å²) in [5, 5.41) is 19.5. The van der Waals surface area contributed by atoms with Crippen LogP contribution < -0.4 is 10.2 Å². The van der Waals surface area contributed by atoms with E-state index in [0.717, 1.165) is 0 Å². The molecule has 0 radical (unpaired) electrons. The van der Waals surface area contributed by atoms with Gasteiger partial charge in [-0.05, 0) is 52.1 Å². The Balaban J connectivity index is -0.0000000907. The van der Waals surface area contributed by atoms with Gasteiger partial charge in [-0.3, -0.25) is 9.59 Å². The number of carboxylic acids is 2. The standard InChI is InChI=1S/2C6H10O3.2C3H10OSi.Zr/c2*1-2-3-5(7)4-6(8)9;2*1-5(2,3)4;/h2*2-4H2,1H3,(H,8,9);2*4H,1-3H3;/q;;;;+2/p-2. The Morgan fingerprint density at radius 3 is 0.931 bits per heavy atom. The molecule has 0 fully saturated rings. The van der Waals surface area contributed by atoms with Crippen molar-refractivity contribution >= 4 is 40.1 Å². The minimum atomic E-state index is -1.61. The molecule has 0 spiro atoms. The number of carbonyl (C=O) groups excluding carboxylic acids is 4.